The molecule has 2 unspecified atom stereocenters. The summed E-state index contributed by atoms with van der Waals surface area (Å²) < 4.78 is 3.76. The molecule has 3 saturated heterocycles. The number of hydrogen-bond acceptors (Lipinski definition) is 2. The van der Waals surface area contributed by atoms with E-state index >= 15 is 0 Å². The van der Waals surface area contributed by atoms with Crippen LogP contribution >= 0.6 is 0 Å². The highest BCUT2D eigenvalue weighted by Crippen LogP contribution is 2.29. The van der Waals surface area contributed by atoms with Gasteiger partial charge >= 0.3 is 0 Å². The number of nitrogens with zero attached hydrogens (tertiary/aromatic N) is 3. The van der Waals surface area contributed by atoms with Crippen molar-refractivity contribution >= 4 is 12.9 Å². The van der Waals surface area contributed by atoms with Crippen molar-refractivity contribution in [3.63, 3.8) is 0 Å². The van der Waals surface area contributed by atoms with Gasteiger partial charge in [0.05, 0.1) is 6.54 Å². The van der Waals surface area contributed by atoms with Crippen molar-refractivity contribution in [3.05, 3.63) is 0 Å². The lowest BCUT2D eigenvalue weighted by molar-refractivity contribution is -0.0444. The maximum absolute atomic E-state index is 3.76. The average Bonchev–Trinajstić information content (AvgIpc) is 2.14. The molecule has 0 radical (unpaired) electrons. The van der Waals surface area contributed by atoms with Crippen LogP contribution in [0.1, 0.15) is 6.42 Å². The van der Waals surface area contributed by atoms with Gasteiger partial charge in [0.25, 0.3) is 12.9 Å². The summed E-state index contributed by atoms with van der Waals surface area (Å²) in [7, 11) is 2.23. The van der Waals surface area contributed by atoms with Crippen LogP contribution in [0.2, 0.25) is 0 Å². The van der Waals surface area contributed by atoms with Crippen molar-refractivity contribution in [1.29, 1.82) is 0 Å². The summed E-state index contributed by atoms with van der Waals surface area (Å²) in [5, 5.41) is 0. The molecule has 3 heteroatoms. The minimum atomic E-state index is 0.807. The lowest BCUT2D eigenvalue weighted by Gasteiger charge is -2.54. The van der Waals surface area contributed by atoms with Crippen molar-refractivity contribution in [2.45, 2.75) is 18.5 Å². The van der Waals surface area contributed by atoms with Crippen LogP contribution < -0.4 is 4.67 Å². The zero-order valence-corrected chi connectivity index (χ0v) is 7.61. The first-order valence-corrected chi connectivity index (χ1v) is 4.53. The number of piperazine rings is 1. The van der Waals surface area contributed by atoms with Gasteiger partial charge in [-0.3, -0.25) is 9.80 Å². The van der Waals surface area contributed by atoms with E-state index in [0.29, 0.717) is 0 Å². The van der Waals surface area contributed by atoms with Crippen LogP contribution in [0.3, 0.4) is 0 Å². The van der Waals surface area contributed by atoms with Gasteiger partial charge in [-0.2, -0.15) is 0 Å². The van der Waals surface area contributed by atoms with Gasteiger partial charge in [0.2, 0.25) is 0 Å². The Labute approximate surface area is 73.4 Å². The fraction of sp³-hybridized carbons (Fsp3) is 0.778. The Morgan fingerprint density at radius 3 is 2.67 bits per heavy atom. The molecule has 3 aliphatic rings. The molecule has 3 nitrogen and oxygen atoms in total. The zero-order valence-electron chi connectivity index (χ0n) is 7.61. The van der Waals surface area contributed by atoms with E-state index in [-0.39, 0.29) is 0 Å². The predicted octanol–water partition coefficient (Wildman–Crippen LogP) is -0.787. The van der Waals surface area contributed by atoms with E-state index in [1.165, 1.54) is 19.5 Å². The maximum Gasteiger partial charge on any atom is 0.282 e. The molecule has 0 aromatic carbocycles. The normalized spacial score (nSPS) is 35.4. The second kappa shape index (κ2) is 3.02. The Hall–Kier alpha value is -0.630. The highest BCUT2D eigenvalue weighted by Gasteiger charge is 2.41. The van der Waals surface area contributed by atoms with E-state index < -0.39 is 0 Å². The Morgan fingerprint density at radius 1 is 1.50 bits per heavy atom. The van der Waals surface area contributed by atoms with Crippen LogP contribution in [0.25, 0.3) is 0 Å². The first-order chi connectivity index (χ1) is 5.81. The van der Waals surface area contributed by atoms with Crippen molar-refractivity contribution in [1.82, 2.24) is 14.5 Å². The zero-order chi connectivity index (χ0) is 8.55. The first kappa shape index (κ1) is 7.99. The topological polar surface area (TPSA) is 20.6 Å². The van der Waals surface area contributed by atoms with Gasteiger partial charge in [-0.15, -0.1) is 4.67 Å². The molecule has 2 bridgehead atoms. The van der Waals surface area contributed by atoms with Crippen LogP contribution in [0.4, 0.5) is 0 Å². The fourth-order valence-electron chi connectivity index (χ4n) is 2.21. The number of likely N-dealkylation sites (N-methyl/N-ethyl adjacent to an activating group) is 1. The van der Waals surface area contributed by atoms with Crippen molar-refractivity contribution in [2.24, 2.45) is 0 Å². The molecule has 0 amide bonds. The van der Waals surface area contributed by atoms with E-state index in [1.54, 1.807) is 0 Å². The van der Waals surface area contributed by atoms with Crippen LogP contribution in [0.15, 0.2) is 0 Å². The number of piperidine rings is 1. The highest BCUT2D eigenvalue weighted by atomic mass is 15.3. The second-order valence-electron chi connectivity index (χ2n) is 3.79. The van der Waals surface area contributed by atoms with E-state index in [1.807, 2.05) is 6.21 Å². The Kier molecular flexibility index (Phi) is 2.01. The Bertz CT molecular complexity index is 208. The lowest BCUT2D eigenvalue weighted by Crippen LogP contribution is -2.67. The van der Waals surface area contributed by atoms with E-state index in [0.717, 1.165) is 18.6 Å². The second-order valence-corrected chi connectivity index (χ2v) is 3.79. The average molecular weight is 166 g/mol. The number of hydrogen-bond donors (Lipinski definition) is 0. The van der Waals surface area contributed by atoms with Gasteiger partial charge in [-0.1, -0.05) is 0 Å². The standard InChI is InChI=1S/C9H16N3/c1-10-3-4-12-6-8-5-9(7-12)11(8)2/h3,8-9H,1,4-7H2,2H3/q+1. The molecule has 0 aromatic heterocycles. The number of rotatable bonds is 2. The molecule has 12 heavy (non-hydrogen) atoms. The molecule has 3 heterocycles. The largest absolute Gasteiger partial charge is 0.298 e. The molecule has 0 saturated carbocycles. The van der Waals surface area contributed by atoms with Crippen LogP contribution in [-0.2, 0) is 0 Å². The summed E-state index contributed by atoms with van der Waals surface area (Å²) in [5.74, 6) is 0. The van der Waals surface area contributed by atoms with Crippen LogP contribution in [0.5, 0.6) is 0 Å². The minimum absolute atomic E-state index is 0.807. The molecule has 2 atom stereocenters. The summed E-state index contributed by atoms with van der Waals surface area (Å²) in [4.78, 5) is 4.94. The van der Waals surface area contributed by atoms with E-state index in [9.17, 15) is 0 Å². The summed E-state index contributed by atoms with van der Waals surface area (Å²) >= 11 is 0. The molecule has 0 N–H and O–H groups in total. The van der Waals surface area contributed by atoms with Gasteiger partial charge in [-0.25, -0.2) is 0 Å². The fourth-order valence-corrected chi connectivity index (χ4v) is 2.21. The molecular formula is C9H16N3+. The minimum Gasteiger partial charge on any atom is -0.298 e. The van der Waals surface area contributed by atoms with Gasteiger partial charge in [0, 0.05) is 25.2 Å². The Morgan fingerprint density at radius 2 is 2.17 bits per heavy atom. The van der Waals surface area contributed by atoms with Gasteiger partial charge in [0.1, 0.15) is 0 Å². The van der Waals surface area contributed by atoms with Gasteiger partial charge in [-0.05, 0) is 13.5 Å². The van der Waals surface area contributed by atoms with Crippen molar-refractivity contribution < 1.29 is 0 Å². The molecule has 0 aromatic rings. The molecule has 3 fully saturated rings. The molecule has 0 aliphatic carbocycles. The van der Waals surface area contributed by atoms with Gasteiger partial charge in [0.15, 0.2) is 0 Å². The lowest BCUT2D eigenvalue weighted by atomic mass is 9.88. The van der Waals surface area contributed by atoms with Crippen LogP contribution in [0, 0.1) is 0 Å². The SMILES string of the molecule is C=[N+]=CCN1CC2CC(C1)N2C. The third-order valence-corrected chi connectivity index (χ3v) is 3.10. The van der Waals surface area contributed by atoms with Gasteiger partial charge < -0.3 is 0 Å². The van der Waals surface area contributed by atoms with Crippen molar-refractivity contribution in [2.75, 3.05) is 26.7 Å². The highest BCUT2D eigenvalue weighted by molar-refractivity contribution is 5.60. The van der Waals surface area contributed by atoms with E-state index in [2.05, 4.69) is 28.2 Å². The summed E-state index contributed by atoms with van der Waals surface area (Å²) in [6, 6.07) is 1.61. The summed E-state index contributed by atoms with van der Waals surface area (Å²) in [6.07, 6.45) is 3.29. The molecule has 0 spiro atoms. The predicted molar refractivity (Wildman–Crippen MR) is 51.7 cm³/mol. The van der Waals surface area contributed by atoms with Crippen LogP contribution in [-0.4, -0.2) is 61.5 Å². The third kappa shape index (κ3) is 1.20. The molecule has 3 rings (SSSR count). The molecule has 66 valence electrons. The smallest absolute Gasteiger partial charge is 0.282 e. The first-order valence-electron chi connectivity index (χ1n) is 4.53. The quantitative estimate of drug-likeness (QED) is 0.396. The third-order valence-electron chi connectivity index (χ3n) is 3.10. The van der Waals surface area contributed by atoms with E-state index in [4.69, 9.17) is 0 Å². The Balaban J connectivity index is 1.86. The maximum atomic E-state index is 3.76. The number of fused-ring (bicyclic) bond motifs is 2. The summed E-state index contributed by atoms with van der Waals surface area (Å²) in [6.45, 7) is 6.84. The summed E-state index contributed by atoms with van der Waals surface area (Å²) in [5.41, 5.74) is 0. The van der Waals surface area contributed by atoms with Crippen molar-refractivity contribution in [3.8, 4) is 0 Å². The molecular weight excluding hydrogens is 150 g/mol. The monoisotopic (exact) mass is 166 g/mol. The molecule has 3 aliphatic heterocycles.